The average Bonchev–Trinajstić information content (AvgIpc) is 2.76. The molecule has 0 fully saturated rings. The number of azo groups is 1. The summed E-state index contributed by atoms with van der Waals surface area (Å²) in [6, 6.07) is 0. The summed E-state index contributed by atoms with van der Waals surface area (Å²) in [5.41, 5.74) is 6.81. The number of nitrogens with zero attached hydrogens (tertiary/aromatic N) is 5. The van der Waals surface area contributed by atoms with Crippen LogP contribution in [0.5, 0.6) is 0 Å². The van der Waals surface area contributed by atoms with Crippen LogP contribution in [0.3, 0.4) is 0 Å². The first-order valence-electron chi connectivity index (χ1n) is 3.85. The van der Waals surface area contributed by atoms with Crippen LogP contribution in [0.4, 0.5) is 17.5 Å². The van der Waals surface area contributed by atoms with E-state index in [1.807, 2.05) is 0 Å². The van der Waals surface area contributed by atoms with Crippen molar-refractivity contribution in [1.29, 1.82) is 0 Å². The van der Waals surface area contributed by atoms with Gasteiger partial charge in [-0.1, -0.05) is 0 Å². The Labute approximate surface area is 78.7 Å². The van der Waals surface area contributed by atoms with E-state index >= 15 is 0 Å². The molecule has 0 amide bonds. The van der Waals surface area contributed by atoms with Crippen LogP contribution in [-0.4, -0.2) is 25.4 Å². The number of rotatable bonds is 2. The van der Waals surface area contributed by atoms with Crippen LogP contribution in [0.2, 0.25) is 0 Å². The normalized spacial score (nSPS) is 11.2. The molecule has 0 spiro atoms. The SMILES string of the molecule is Cc1[nH]nc(N)c1N=Nc1ncn[nH]1. The Balaban J connectivity index is 2.26. The van der Waals surface area contributed by atoms with E-state index in [4.69, 9.17) is 5.73 Å². The molecule has 0 unspecified atom stereocenters. The van der Waals surface area contributed by atoms with Gasteiger partial charge in [-0.05, 0) is 6.92 Å². The van der Waals surface area contributed by atoms with E-state index in [2.05, 4.69) is 35.6 Å². The Morgan fingerprint density at radius 1 is 1.36 bits per heavy atom. The van der Waals surface area contributed by atoms with Gasteiger partial charge in [0.1, 0.15) is 6.33 Å². The zero-order valence-corrected chi connectivity index (χ0v) is 7.39. The molecule has 4 N–H and O–H groups in total. The van der Waals surface area contributed by atoms with Gasteiger partial charge in [-0.3, -0.25) is 5.10 Å². The minimum Gasteiger partial charge on any atom is -0.380 e. The molecule has 0 aliphatic heterocycles. The third-order valence-corrected chi connectivity index (χ3v) is 1.59. The van der Waals surface area contributed by atoms with Crippen molar-refractivity contribution in [1.82, 2.24) is 25.4 Å². The second-order valence-electron chi connectivity index (χ2n) is 2.59. The number of aromatic amines is 2. The summed E-state index contributed by atoms with van der Waals surface area (Å²) < 4.78 is 0. The van der Waals surface area contributed by atoms with Crippen LogP contribution < -0.4 is 5.73 Å². The van der Waals surface area contributed by atoms with Gasteiger partial charge in [-0.25, -0.2) is 5.10 Å². The Kier molecular flexibility index (Phi) is 1.94. The predicted octanol–water partition coefficient (Wildman–Crippen LogP) is 0.834. The van der Waals surface area contributed by atoms with Crippen molar-refractivity contribution < 1.29 is 0 Å². The summed E-state index contributed by atoms with van der Waals surface area (Å²) in [6.07, 6.45) is 1.35. The maximum absolute atomic E-state index is 5.54. The molecule has 0 saturated heterocycles. The molecule has 0 aromatic carbocycles. The maximum atomic E-state index is 5.54. The number of nitrogens with one attached hydrogen (secondary N) is 2. The van der Waals surface area contributed by atoms with E-state index in [9.17, 15) is 0 Å². The molecule has 0 bridgehead atoms. The van der Waals surface area contributed by atoms with Crippen LogP contribution in [0, 0.1) is 6.92 Å². The number of nitrogen functional groups attached to an aromatic ring is 1. The maximum Gasteiger partial charge on any atom is 0.264 e. The molecular formula is C6H8N8. The second kappa shape index (κ2) is 3.24. The lowest BCUT2D eigenvalue weighted by Gasteiger charge is -1.88. The molecule has 8 heteroatoms. The van der Waals surface area contributed by atoms with Gasteiger partial charge in [0, 0.05) is 0 Å². The van der Waals surface area contributed by atoms with E-state index < -0.39 is 0 Å². The van der Waals surface area contributed by atoms with Crippen LogP contribution in [0.25, 0.3) is 0 Å². The Morgan fingerprint density at radius 2 is 2.21 bits per heavy atom. The monoisotopic (exact) mass is 192 g/mol. The zero-order chi connectivity index (χ0) is 9.97. The number of H-pyrrole nitrogens is 2. The molecule has 0 radical (unpaired) electrons. The fraction of sp³-hybridized carbons (Fsp3) is 0.167. The molecule has 2 heterocycles. The average molecular weight is 192 g/mol. The van der Waals surface area contributed by atoms with Crippen LogP contribution in [0.15, 0.2) is 16.6 Å². The first-order chi connectivity index (χ1) is 6.77. The molecule has 8 nitrogen and oxygen atoms in total. The molecule has 0 atom stereocenters. The van der Waals surface area contributed by atoms with Crippen LogP contribution in [0.1, 0.15) is 5.69 Å². The van der Waals surface area contributed by atoms with Gasteiger partial charge in [-0.15, -0.1) is 10.2 Å². The lowest BCUT2D eigenvalue weighted by atomic mass is 10.4. The molecular weight excluding hydrogens is 184 g/mol. The van der Waals surface area contributed by atoms with E-state index in [-0.39, 0.29) is 0 Å². The van der Waals surface area contributed by atoms with E-state index in [0.717, 1.165) is 5.69 Å². The Morgan fingerprint density at radius 3 is 2.79 bits per heavy atom. The molecule has 2 rings (SSSR count). The molecule has 0 aliphatic carbocycles. The fourth-order valence-corrected chi connectivity index (χ4v) is 0.913. The van der Waals surface area contributed by atoms with Gasteiger partial charge in [0.15, 0.2) is 11.5 Å². The summed E-state index contributed by atoms with van der Waals surface area (Å²) in [5, 5.41) is 20.3. The van der Waals surface area contributed by atoms with Gasteiger partial charge in [-0.2, -0.15) is 15.2 Å². The largest absolute Gasteiger partial charge is 0.380 e. The summed E-state index contributed by atoms with van der Waals surface area (Å²) in [5.74, 6) is 0.635. The van der Waals surface area contributed by atoms with Crippen molar-refractivity contribution in [2.45, 2.75) is 6.92 Å². The highest BCUT2D eigenvalue weighted by Gasteiger charge is 2.05. The third-order valence-electron chi connectivity index (χ3n) is 1.59. The van der Waals surface area contributed by atoms with Crippen molar-refractivity contribution in [2.24, 2.45) is 10.2 Å². The van der Waals surface area contributed by atoms with E-state index in [0.29, 0.717) is 17.5 Å². The molecule has 2 aromatic heterocycles. The summed E-state index contributed by atoms with van der Waals surface area (Å²) >= 11 is 0. The van der Waals surface area contributed by atoms with E-state index in [1.165, 1.54) is 6.33 Å². The summed E-state index contributed by atoms with van der Waals surface area (Å²) in [7, 11) is 0. The quantitative estimate of drug-likeness (QED) is 0.610. The summed E-state index contributed by atoms with van der Waals surface area (Å²) in [4.78, 5) is 3.78. The first kappa shape index (κ1) is 8.35. The first-order valence-corrected chi connectivity index (χ1v) is 3.85. The lowest BCUT2D eigenvalue weighted by Crippen LogP contribution is -1.83. The second-order valence-corrected chi connectivity index (χ2v) is 2.59. The highest BCUT2D eigenvalue weighted by molar-refractivity contribution is 5.59. The Bertz CT molecular complexity index is 419. The minimum absolute atomic E-state index is 0.311. The van der Waals surface area contributed by atoms with Crippen molar-refractivity contribution in [3.63, 3.8) is 0 Å². The number of anilines is 1. The minimum atomic E-state index is 0.311. The number of aryl methyl sites for hydroxylation is 1. The van der Waals surface area contributed by atoms with Crippen molar-refractivity contribution >= 4 is 17.5 Å². The standard InChI is InChI=1S/C6H8N8/c1-3-4(5(7)12-10-3)11-14-6-8-2-9-13-6/h2H,1H3,(H3,7,10,12)(H,8,9,13). The smallest absolute Gasteiger partial charge is 0.264 e. The highest BCUT2D eigenvalue weighted by atomic mass is 15.3. The third kappa shape index (κ3) is 1.44. The number of hydrogen-bond donors (Lipinski definition) is 3. The fourth-order valence-electron chi connectivity index (χ4n) is 0.913. The van der Waals surface area contributed by atoms with Gasteiger partial charge in [0.05, 0.1) is 5.69 Å². The topological polar surface area (TPSA) is 121 Å². The van der Waals surface area contributed by atoms with Crippen molar-refractivity contribution in [3.05, 3.63) is 12.0 Å². The van der Waals surface area contributed by atoms with Crippen LogP contribution >= 0.6 is 0 Å². The van der Waals surface area contributed by atoms with Gasteiger partial charge in [0.2, 0.25) is 0 Å². The Hall–Kier alpha value is -2.25. The molecule has 72 valence electrons. The number of aromatic nitrogens is 5. The molecule has 0 aliphatic rings. The lowest BCUT2D eigenvalue weighted by molar-refractivity contribution is 1.04. The molecule has 2 aromatic rings. The van der Waals surface area contributed by atoms with Crippen molar-refractivity contribution in [3.8, 4) is 0 Å². The summed E-state index contributed by atoms with van der Waals surface area (Å²) in [6.45, 7) is 1.80. The highest BCUT2D eigenvalue weighted by Crippen LogP contribution is 2.24. The van der Waals surface area contributed by atoms with Crippen LogP contribution in [-0.2, 0) is 0 Å². The van der Waals surface area contributed by atoms with Crippen molar-refractivity contribution in [2.75, 3.05) is 5.73 Å². The number of nitrogens with two attached hydrogens (primary N) is 1. The number of hydrogen-bond acceptors (Lipinski definition) is 6. The van der Waals surface area contributed by atoms with Gasteiger partial charge >= 0.3 is 0 Å². The van der Waals surface area contributed by atoms with E-state index in [1.54, 1.807) is 6.92 Å². The zero-order valence-electron chi connectivity index (χ0n) is 7.39. The van der Waals surface area contributed by atoms with Gasteiger partial charge < -0.3 is 5.73 Å². The van der Waals surface area contributed by atoms with Gasteiger partial charge in [0.25, 0.3) is 5.95 Å². The predicted molar refractivity (Wildman–Crippen MR) is 48.3 cm³/mol. The molecule has 0 saturated carbocycles. The molecule has 14 heavy (non-hydrogen) atoms.